The lowest BCUT2D eigenvalue weighted by molar-refractivity contribution is 0.480. The summed E-state index contributed by atoms with van der Waals surface area (Å²) in [5, 5.41) is 5.54. The molecule has 0 fully saturated rings. The van der Waals surface area contributed by atoms with Crippen molar-refractivity contribution < 1.29 is 25.9 Å². The van der Waals surface area contributed by atoms with Gasteiger partial charge in [0.05, 0.1) is 35.2 Å². The topological polar surface area (TPSA) is 216 Å². The molecule has 4 aromatic carbocycles. The van der Waals surface area contributed by atoms with E-state index in [2.05, 4.69) is 32.1 Å². The molecule has 0 heterocycles. The summed E-state index contributed by atoms with van der Waals surface area (Å²) in [4.78, 5) is 20.7. The molecule has 0 aliphatic rings. The van der Waals surface area contributed by atoms with Crippen molar-refractivity contribution in [2.45, 2.75) is 9.79 Å². The van der Waals surface area contributed by atoms with E-state index in [1.165, 1.54) is 36.4 Å². The van der Waals surface area contributed by atoms with Crippen molar-refractivity contribution in [2.24, 2.45) is 10.4 Å². The molecule has 0 amide bonds. The zero-order chi connectivity index (χ0) is 33.2. The van der Waals surface area contributed by atoms with Crippen molar-refractivity contribution in [2.75, 3.05) is 10.9 Å². The number of benzene rings is 4. The minimum atomic E-state index is -4.77. The van der Waals surface area contributed by atoms with Gasteiger partial charge in [0.2, 0.25) is 0 Å². The third-order valence-corrected chi connectivity index (χ3v) is 8.06. The van der Waals surface area contributed by atoms with E-state index in [9.17, 15) is 35.8 Å². The molecule has 0 bridgehead atoms. The Kier molecular flexibility index (Phi) is 10.7. The first-order valence-electron chi connectivity index (χ1n) is 13.1. The number of nitroso groups, excluding NO2 is 2. The Bertz CT molecular complexity index is 1890. The molecule has 46 heavy (non-hydrogen) atoms. The highest BCUT2D eigenvalue weighted by molar-refractivity contribution is 7.86. The van der Waals surface area contributed by atoms with E-state index in [1.54, 1.807) is 60.7 Å². The van der Waals surface area contributed by atoms with Crippen LogP contribution in [0.15, 0.2) is 130 Å². The molecule has 0 saturated heterocycles. The lowest BCUT2D eigenvalue weighted by Crippen LogP contribution is -2.20. The van der Waals surface area contributed by atoms with Gasteiger partial charge in [-0.05, 0) is 45.7 Å². The first-order chi connectivity index (χ1) is 22.0. The van der Waals surface area contributed by atoms with Crippen LogP contribution in [0.25, 0.3) is 23.5 Å². The number of hydrazine groups is 2. The van der Waals surface area contributed by atoms with Gasteiger partial charge in [-0.1, -0.05) is 84.9 Å². The largest absolute Gasteiger partial charge is 0.301 e. The second-order valence-corrected chi connectivity index (χ2v) is 12.1. The van der Waals surface area contributed by atoms with Crippen molar-refractivity contribution in [3.8, 4) is 0 Å². The molecule has 0 aliphatic heterocycles. The van der Waals surface area contributed by atoms with Crippen molar-refractivity contribution in [1.29, 1.82) is 0 Å². The van der Waals surface area contributed by atoms with Gasteiger partial charge < -0.3 is 10.9 Å². The quantitative estimate of drug-likeness (QED) is 0.0414. The molecule has 0 unspecified atom stereocenters. The molecule has 0 spiro atoms. The fourth-order valence-corrected chi connectivity index (χ4v) is 5.52. The van der Waals surface area contributed by atoms with Crippen LogP contribution in [0.5, 0.6) is 0 Å². The molecule has 0 atom stereocenters. The minimum Gasteiger partial charge on any atom is -0.301 e. The van der Waals surface area contributed by atoms with Crippen LogP contribution in [-0.4, -0.2) is 25.9 Å². The summed E-state index contributed by atoms with van der Waals surface area (Å²) >= 11 is 0. The van der Waals surface area contributed by atoms with E-state index in [1.807, 2.05) is 0 Å². The van der Waals surface area contributed by atoms with E-state index in [4.69, 9.17) is 0 Å². The fourth-order valence-electron chi connectivity index (χ4n) is 4.10. The van der Waals surface area contributed by atoms with E-state index in [-0.39, 0.29) is 33.9 Å². The highest BCUT2D eigenvalue weighted by Gasteiger charge is 2.18. The van der Waals surface area contributed by atoms with Gasteiger partial charge >= 0.3 is 0 Å². The van der Waals surface area contributed by atoms with E-state index in [0.717, 1.165) is 24.5 Å². The molecule has 6 N–H and O–H groups in total. The average molecular weight is 663 g/mol. The summed E-state index contributed by atoms with van der Waals surface area (Å²) in [7, 11) is -9.55. The predicted octanol–water partition coefficient (Wildman–Crippen LogP) is 5.71. The van der Waals surface area contributed by atoms with Crippen LogP contribution >= 0.6 is 0 Å². The maximum absolute atomic E-state index is 12.3. The maximum atomic E-state index is 12.3. The zero-order valence-electron chi connectivity index (χ0n) is 23.6. The van der Waals surface area contributed by atoms with Crippen LogP contribution in [0.1, 0.15) is 22.3 Å². The van der Waals surface area contributed by atoms with Gasteiger partial charge in [-0.2, -0.15) is 16.8 Å². The zero-order valence-corrected chi connectivity index (χ0v) is 25.2. The normalized spacial score (nSPS) is 12.4. The number of anilines is 2. The number of rotatable bonds is 14. The highest BCUT2D eigenvalue weighted by Crippen LogP contribution is 2.26. The van der Waals surface area contributed by atoms with Gasteiger partial charge in [-0.15, -0.1) is 9.81 Å². The van der Waals surface area contributed by atoms with Crippen LogP contribution in [0.2, 0.25) is 0 Å². The molecule has 4 rings (SSSR count). The van der Waals surface area contributed by atoms with Gasteiger partial charge in [0.15, 0.2) is 0 Å². The van der Waals surface area contributed by atoms with Gasteiger partial charge in [0.1, 0.15) is 9.79 Å². The molecule has 0 saturated carbocycles. The van der Waals surface area contributed by atoms with Crippen molar-refractivity contribution in [3.05, 3.63) is 142 Å². The monoisotopic (exact) mass is 662 g/mol. The first kappa shape index (κ1) is 33.2. The Hall–Kier alpha value is -5.68. The third kappa shape index (κ3) is 8.93. The number of hydrogen-bond donors (Lipinski definition) is 6. The Morgan fingerprint density at radius 1 is 0.565 bits per heavy atom. The summed E-state index contributed by atoms with van der Waals surface area (Å²) in [6.45, 7) is 0. The molecule has 0 radical (unpaired) electrons. The minimum absolute atomic E-state index is 0.00871. The summed E-state index contributed by atoms with van der Waals surface area (Å²) in [5.41, 5.74) is 13.2. The molecule has 0 aromatic heterocycles. The molecule has 0 aliphatic carbocycles. The Morgan fingerprint density at radius 3 is 1.26 bits per heavy atom. The molecule has 4 aromatic rings. The van der Waals surface area contributed by atoms with Crippen LogP contribution in [-0.2, 0) is 20.2 Å². The van der Waals surface area contributed by atoms with Crippen molar-refractivity contribution in [1.82, 2.24) is 10.9 Å². The number of nitrogens with one attached hydrogen (secondary N) is 4. The van der Waals surface area contributed by atoms with Gasteiger partial charge in [-0.25, -0.2) is 0 Å². The smallest absolute Gasteiger partial charge is 0.295 e. The molecule has 236 valence electrons. The predicted molar refractivity (Wildman–Crippen MR) is 175 cm³/mol. The van der Waals surface area contributed by atoms with Gasteiger partial charge in [0.25, 0.3) is 20.2 Å². The standard InChI is InChI=1S/C30H26N6O8S2/c37-31-19-27(21-7-3-1-4-8-21)35-33-25-15-13-23(29(17-25)45(39,40)41)11-12-24-14-16-26(18-30(24)46(42,43)44)34-36-28(20-32-38)22-9-5-2-6-10-22/h1-20,33-36H,(H,39,40,41)(H,42,43,44). The van der Waals surface area contributed by atoms with E-state index < -0.39 is 30.0 Å². The third-order valence-electron chi connectivity index (χ3n) is 6.24. The lowest BCUT2D eigenvalue weighted by atomic mass is 10.1. The van der Waals surface area contributed by atoms with Crippen LogP contribution < -0.4 is 21.7 Å². The first-order valence-corrected chi connectivity index (χ1v) is 16.0. The van der Waals surface area contributed by atoms with Crippen LogP contribution in [0.4, 0.5) is 11.4 Å². The van der Waals surface area contributed by atoms with Crippen molar-refractivity contribution in [3.63, 3.8) is 0 Å². The fraction of sp³-hybridized carbons (Fsp3) is 0. The maximum Gasteiger partial charge on any atom is 0.295 e. The van der Waals surface area contributed by atoms with Crippen LogP contribution in [0, 0.1) is 9.81 Å². The number of nitrogens with zero attached hydrogens (tertiary/aromatic N) is 2. The molecule has 16 heteroatoms. The summed E-state index contributed by atoms with van der Waals surface area (Å²) < 4.78 is 68.8. The molecule has 14 nitrogen and oxygen atoms in total. The van der Waals surface area contributed by atoms with E-state index in [0.29, 0.717) is 11.1 Å². The molecular formula is C30H26N6O8S2. The lowest BCUT2D eigenvalue weighted by Gasteiger charge is -2.14. The Labute approximate surface area is 264 Å². The SMILES string of the molecule is O=NC=C(NNc1ccc(C=Cc2ccc(NNC(=CN=O)c3ccccc3)cc2S(=O)(=O)O)c(S(=O)(=O)O)c1)c1ccccc1. The van der Waals surface area contributed by atoms with Crippen molar-refractivity contribution >= 4 is 55.2 Å². The second kappa shape index (κ2) is 14.9. The molecular weight excluding hydrogens is 636 g/mol. The average Bonchev–Trinajstić information content (AvgIpc) is 3.04. The van der Waals surface area contributed by atoms with Gasteiger partial charge in [0, 0.05) is 11.1 Å². The van der Waals surface area contributed by atoms with Gasteiger partial charge in [-0.3, -0.25) is 20.0 Å². The summed E-state index contributed by atoms with van der Waals surface area (Å²) in [6, 6.07) is 25.3. The Balaban J connectivity index is 1.59. The summed E-state index contributed by atoms with van der Waals surface area (Å²) in [5.74, 6) is 0. The highest BCUT2D eigenvalue weighted by atomic mass is 32.2. The van der Waals surface area contributed by atoms with E-state index >= 15 is 0 Å². The summed E-state index contributed by atoms with van der Waals surface area (Å²) in [6.07, 6.45) is 4.53. The Morgan fingerprint density at radius 2 is 0.935 bits per heavy atom. The van der Waals surface area contributed by atoms with Crippen LogP contribution in [0.3, 0.4) is 0 Å². The second-order valence-electron chi connectivity index (χ2n) is 9.32. The number of hydrogen-bond acceptors (Lipinski definition) is 12.